The monoisotopic (exact) mass is 264 g/mol. The number of hydrogen-bond donors (Lipinski definition) is 0. The molecule has 0 amide bonds. The first kappa shape index (κ1) is 13.9. The van der Waals surface area contributed by atoms with E-state index in [-0.39, 0.29) is 5.97 Å². The van der Waals surface area contributed by atoms with Crippen LogP contribution in [0.15, 0.2) is 24.3 Å². The van der Waals surface area contributed by atoms with Crippen molar-refractivity contribution in [3.05, 3.63) is 29.8 Å². The molecule has 1 heterocycles. The van der Waals surface area contributed by atoms with Crippen LogP contribution in [0.1, 0.15) is 32.8 Å². The minimum absolute atomic E-state index is 0.295. The maximum Gasteiger partial charge on any atom is 0.338 e. The largest absolute Gasteiger partial charge is 0.494 e. The maximum absolute atomic E-state index is 11.6. The molecule has 0 bridgehead atoms. The number of ether oxygens (including phenoxy) is 3. The minimum atomic E-state index is -0.560. The molecule has 1 aromatic carbocycles. The average molecular weight is 264 g/mol. The Morgan fingerprint density at radius 1 is 1.32 bits per heavy atom. The van der Waals surface area contributed by atoms with Crippen molar-refractivity contribution in [2.75, 3.05) is 13.2 Å². The van der Waals surface area contributed by atoms with Crippen LogP contribution < -0.4 is 4.74 Å². The highest BCUT2D eigenvalue weighted by atomic mass is 16.7. The molecule has 104 valence electrons. The molecule has 2 atom stereocenters. The summed E-state index contributed by atoms with van der Waals surface area (Å²) < 4.78 is 16.0. The van der Waals surface area contributed by atoms with Gasteiger partial charge >= 0.3 is 5.97 Å². The molecule has 0 saturated carbocycles. The van der Waals surface area contributed by atoms with Crippen molar-refractivity contribution in [2.45, 2.75) is 38.9 Å². The van der Waals surface area contributed by atoms with Gasteiger partial charge in [0.1, 0.15) is 11.4 Å². The van der Waals surface area contributed by atoms with Crippen LogP contribution in [0, 0.1) is 0 Å². The normalized spacial score (nSPS) is 24.9. The average Bonchev–Trinajstić information content (AvgIpc) is 3.11. The van der Waals surface area contributed by atoms with Crippen LogP contribution >= 0.6 is 0 Å². The highest BCUT2D eigenvalue weighted by Gasteiger charge is 2.59. The van der Waals surface area contributed by atoms with E-state index in [1.54, 1.807) is 6.92 Å². The van der Waals surface area contributed by atoms with Gasteiger partial charge < -0.3 is 14.2 Å². The van der Waals surface area contributed by atoms with Gasteiger partial charge in [0.2, 0.25) is 0 Å². The molecule has 1 aromatic rings. The standard InChI is InChI=1S/C15H20O4/c1-4-10-18-12-8-6-11(7-9-12)15(3)13(19-15)14(16)17-5-2/h6-9,13H,4-5,10H2,1-3H3. The van der Waals surface area contributed by atoms with Gasteiger partial charge in [0.25, 0.3) is 0 Å². The molecule has 1 aliphatic rings. The Morgan fingerprint density at radius 3 is 2.58 bits per heavy atom. The van der Waals surface area contributed by atoms with E-state index in [0.29, 0.717) is 13.2 Å². The fraction of sp³-hybridized carbons (Fsp3) is 0.533. The van der Waals surface area contributed by atoms with E-state index in [0.717, 1.165) is 17.7 Å². The van der Waals surface area contributed by atoms with E-state index >= 15 is 0 Å². The van der Waals surface area contributed by atoms with Crippen LogP contribution in [0.2, 0.25) is 0 Å². The molecule has 4 heteroatoms. The summed E-state index contributed by atoms with van der Waals surface area (Å²) in [5.41, 5.74) is 0.407. The van der Waals surface area contributed by atoms with Gasteiger partial charge in [-0.1, -0.05) is 19.1 Å². The Hall–Kier alpha value is -1.55. The second-order valence-electron chi connectivity index (χ2n) is 4.73. The van der Waals surface area contributed by atoms with Crippen molar-refractivity contribution >= 4 is 5.97 Å². The molecule has 0 aromatic heterocycles. The third-order valence-electron chi connectivity index (χ3n) is 3.21. The van der Waals surface area contributed by atoms with Crippen LogP contribution in [-0.2, 0) is 19.9 Å². The van der Waals surface area contributed by atoms with Crippen LogP contribution in [0.4, 0.5) is 0 Å². The van der Waals surface area contributed by atoms with Crippen LogP contribution in [0.3, 0.4) is 0 Å². The van der Waals surface area contributed by atoms with E-state index in [1.165, 1.54) is 0 Å². The lowest BCUT2D eigenvalue weighted by molar-refractivity contribution is -0.144. The van der Waals surface area contributed by atoms with Crippen molar-refractivity contribution < 1.29 is 19.0 Å². The number of carbonyl (C=O) groups excluding carboxylic acids is 1. The number of hydrogen-bond acceptors (Lipinski definition) is 4. The fourth-order valence-electron chi connectivity index (χ4n) is 2.02. The number of rotatable bonds is 6. The zero-order valence-corrected chi connectivity index (χ0v) is 11.6. The predicted octanol–water partition coefficient (Wildman–Crippen LogP) is 2.65. The van der Waals surface area contributed by atoms with Gasteiger partial charge in [0, 0.05) is 0 Å². The summed E-state index contributed by atoms with van der Waals surface area (Å²) in [6.07, 6.45) is 0.489. The van der Waals surface area contributed by atoms with Crippen molar-refractivity contribution in [2.24, 2.45) is 0 Å². The number of esters is 1. The highest BCUT2D eigenvalue weighted by molar-refractivity contribution is 5.79. The molecule has 2 unspecified atom stereocenters. The zero-order chi connectivity index (χ0) is 13.9. The molecular weight excluding hydrogens is 244 g/mol. The van der Waals surface area contributed by atoms with Gasteiger partial charge in [-0.2, -0.15) is 0 Å². The maximum atomic E-state index is 11.6. The lowest BCUT2D eigenvalue weighted by atomic mass is 9.97. The van der Waals surface area contributed by atoms with E-state index in [2.05, 4.69) is 6.92 Å². The van der Waals surface area contributed by atoms with Gasteiger partial charge in [0.15, 0.2) is 6.10 Å². The number of epoxide rings is 1. The van der Waals surface area contributed by atoms with Crippen LogP contribution in [0.25, 0.3) is 0 Å². The number of benzene rings is 1. The molecule has 4 nitrogen and oxygen atoms in total. The van der Waals surface area contributed by atoms with Gasteiger partial charge in [0.05, 0.1) is 13.2 Å². The van der Waals surface area contributed by atoms with Gasteiger partial charge in [-0.25, -0.2) is 4.79 Å². The molecule has 19 heavy (non-hydrogen) atoms. The summed E-state index contributed by atoms with van der Waals surface area (Å²) in [4.78, 5) is 11.6. The molecular formula is C15H20O4. The second kappa shape index (κ2) is 5.61. The molecule has 0 spiro atoms. The topological polar surface area (TPSA) is 48.1 Å². The first-order valence-corrected chi connectivity index (χ1v) is 6.69. The predicted molar refractivity (Wildman–Crippen MR) is 71.1 cm³/mol. The molecule has 0 aliphatic carbocycles. The Bertz CT molecular complexity index is 440. The van der Waals surface area contributed by atoms with E-state index in [1.807, 2.05) is 31.2 Å². The lowest BCUT2D eigenvalue weighted by Crippen LogP contribution is -2.18. The third-order valence-corrected chi connectivity index (χ3v) is 3.21. The molecule has 2 rings (SSSR count). The highest BCUT2D eigenvalue weighted by Crippen LogP contribution is 2.46. The molecule has 1 fully saturated rings. The van der Waals surface area contributed by atoms with Gasteiger partial charge in [-0.05, 0) is 38.0 Å². The van der Waals surface area contributed by atoms with E-state index in [4.69, 9.17) is 14.2 Å². The van der Waals surface area contributed by atoms with Crippen LogP contribution in [-0.4, -0.2) is 25.3 Å². The quantitative estimate of drug-likeness (QED) is 0.585. The Labute approximate surface area is 113 Å². The second-order valence-corrected chi connectivity index (χ2v) is 4.73. The van der Waals surface area contributed by atoms with Crippen molar-refractivity contribution in [3.63, 3.8) is 0 Å². The van der Waals surface area contributed by atoms with E-state index in [9.17, 15) is 4.79 Å². The Kier molecular flexibility index (Phi) is 4.10. The number of carbonyl (C=O) groups is 1. The van der Waals surface area contributed by atoms with Crippen molar-refractivity contribution in [1.29, 1.82) is 0 Å². The van der Waals surface area contributed by atoms with Crippen LogP contribution in [0.5, 0.6) is 5.75 Å². The summed E-state index contributed by atoms with van der Waals surface area (Å²) in [7, 11) is 0. The van der Waals surface area contributed by atoms with Crippen molar-refractivity contribution in [1.82, 2.24) is 0 Å². The SMILES string of the molecule is CCCOc1ccc(C2(C)OC2C(=O)OCC)cc1. The lowest BCUT2D eigenvalue weighted by Gasteiger charge is -2.09. The molecule has 1 aliphatic heterocycles. The van der Waals surface area contributed by atoms with E-state index < -0.39 is 11.7 Å². The van der Waals surface area contributed by atoms with Crippen molar-refractivity contribution in [3.8, 4) is 5.75 Å². The Balaban J connectivity index is 2.01. The summed E-state index contributed by atoms with van der Waals surface area (Å²) in [6, 6.07) is 7.68. The fourth-order valence-corrected chi connectivity index (χ4v) is 2.02. The van der Waals surface area contributed by atoms with Gasteiger partial charge in [-0.15, -0.1) is 0 Å². The van der Waals surface area contributed by atoms with Gasteiger partial charge in [-0.3, -0.25) is 0 Å². The Morgan fingerprint density at radius 2 is 2.00 bits per heavy atom. The first-order chi connectivity index (χ1) is 9.11. The summed E-state index contributed by atoms with van der Waals surface area (Å²) in [6.45, 7) is 6.84. The molecule has 0 radical (unpaired) electrons. The minimum Gasteiger partial charge on any atom is -0.494 e. The summed E-state index contributed by atoms with van der Waals surface area (Å²) in [5, 5.41) is 0. The summed E-state index contributed by atoms with van der Waals surface area (Å²) in [5.74, 6) is 0.541. The first-order valence-electron chi connectivity index (χ1n) is 6.69. The molecule has 0 N–H and O–H groups in total. The molecule has 1 saturated heterocycles. The summed E-state index contributed by atoms with van der Waals surface area (Å²) >= 11 is 0. The third kappa shape index (κ3) is 2.89. The zero-order valence-electron chi connectivity index (χ0n) is 11.6. The smallest absolute Gasteiger partial charge is 0.338 e.